The lowest BCUT2D eigenvalue weighted by molar-refractivity contribution is -0.143. The minimum Gasteiger partial charge on any atom is -0.468 e. The van der Waals surface area contributed by atoms with Crippen molar-refractivity contribution in [3.8, 4) is 16.2 Å². The smallest absolute Gasteiger partial charge is 0.332 e. The molecule has 0 fully saturated rings. The predicted molar refractivity (Wildman–Crippen MR) is 183 cm³/mol. The van der Waals surface area contributed by atoms with Crippen LogP contribution in [0.15, 0.2) is 87.3 Å². The third-order valence-electron chi connectivity index (χ3n) is 7.92. The van der Waals surface area contributed by atoms with E-state index in [1.807, 2.05) is 30.5 Å². The third kappa shape index (κ3) is 6.07. The lowest BCUT2D eigenvalue weighted by atomic mass is 10.1. The lowest BCUT2D eigenvalue weighted by Crippen LogP contribution is -2.42. The Kier molecular flexibility index (Phi) is 9.62. The van der Waals surface area contributed by atoms with Crippen molar-refractivity contribution in [2.75, 3.05) is 26.8 Å². The van der Waals surface area contributed by atoms with Crippen molar-refractivity contribution in [2.24, 2.45) is 0 Å². The van der Waals surface area contributed by atoms with E-state index in [9.17, 15) is 24.0 Å². The Labute approximate surface area is 283 Å². The summed E-state index contributed by atoms with van der Waals surface area (Å²) in [6.07, 6.45) is 1.93. The number of amides is 2. The first-order chi connectivity index (χ1) is 23.3. The van der Waals surface area contributed by atoms with E-state index in [1.165, 1.54) is 34.8 Å². The zero-order valence-electron chi connectivity index (χ0n) is 26.4. The van der Waals surface area contributed by atoms with Gasteiger partial charge in [-0.1, -0.05) is 30.3 Å². The van der Waals surface area contributed by atoms with Crippen LogP contribution in [-0.2, 0) is 33.9 Å². The number of benzene rings is 3. The lowest BCUT2D eigenvalue weighted by Gasteiger charge is -2.16. The van der Waals surface area contributed by atoms with E-state index in [4.69, 9.17) is 14.2 Å². The molecule has 0 atom stereocenters. The fraction of sp³-hybridized carbons (Fsp3) is 0.229. The number of methoxy groups -OCH3 is 1. The van der Waals surface area contributed by atoms with Crippen LogP contribution in [0, 0.1) is 0 Å². The first-order valence-electron chi connectivity index (χ1n) is 15.0. The molecule has 1 aliphatic heterocycles. The van der Waals surface area contributed by atoms with Gasteiger partial charge in [0.2, 0.25) is 0 Å². The molecule has 48 heavy (non-hydrogen) atoms. The summed E-state index contributed by atoms with van der Waals surface area (Å²) < 4.78 is 18.0. The molecule has 0 radical (unpaired) electrons. The molecular formula is C35H31N3O8S2. The normalized spacial score (nSPS) is 12.5. The van der Waals surface area contributed by atoms with Gasteiger partial charge >= 0.3 is 11.7 Å². The van der Waals surface area contributed by atoms with Crippen molar-refractivity contribution in [3.63, 3.8) is 0 Å². The second kappa shape index (κ2) is 14.0. The number of ether oxygens (including phenoxy) is 3. The zero-order valence-corrected chi connectivity index (χ0v) is 28.0. The fourth-order valence-corrected chi connectivity index (χ4v) is 7.60. The number of hydrogen-bond acceptors (Lipinski definition) is 10. The van der Waals surface area contributed by atoms with Crippen LogP contribution in [0.4, 0.5) is 0 Å². The van der Waals surface area contributed by atoms with E-state index >= 15 is 0 Å². The van der Waals surface area contributed by atoms with Crippen molar-refractivity contribution in [1.82, 2.24) is 14.0 Å². The number of carbonyl (C=O) groups excluding carboxylic acids is 3. The number of hydrogen-bond donors (Lipinski definition) is 0. The molecule has 0 spiro atoms. The predicted octanol–water partition coefficient (Wildman–Crippen LogP) is 5.00. The highest BCUT2D eigenvalue weighted by molar-refractivity contribution is 7.98. The van der Waals surface area contributed by atoms with Gasteiger partial charge in [-0.3, -0.25) is 28.6 Å². The van der Waals surface area contributed by atoms with Gasteiger partial charge in [-0.05, 0) is 66.8 Å². The Balaban J connectivity index is 1.61. The number of esters is 1. The molecule has 0 saturated carbocycles. The van der Waals surface area contributed by atoms with Gasteiger partial charge < -0.3 is 14.2 Å². The summed E-state index contributed by atoms with van der Waals surface area (Å²) in [4.78, 5) is 71.2. The second-order valence-corrected chi connectivity index (χ2v) is 12.6. The quantitative estimate of drug-likeness (QED) is 0.0772. The van der Waals surface area contributed by atoms with Crippen LogP contribution in [0.2, 0.25) is 0 Å². The van der Waals surface area contributed by atoms with E-state index in [0.717, 1.165) is 19.9 Å². The van der Waals surface area contributed by atoms with E-state index in [2.05, 4.69) is 0 Å². The molecule has 0 aliphatic carbocycles. The zero-order chi connectivity index (χ0) is 33.9. The Morgan fingerprint density at radius 3 is 2.17 bits per heavy atom. The Morgan fingerprint density at radius 1 is 0.854 bits per heavy atom. The Hall–Kier alpha value is -4.98. The largest absolute Gasteiger partial charge is 0.468 e. The first-order valence-corrected chi connectivity index (χ1v) is 17.0. The number of imide groups is 1. The van der Waals surface area contributed by atoms with Gasteiger partial charge in [-0.2, -0.15) is 0 Å². The van der Waals surface area contributed by atoms with Gasteiger partial charge in [0.15, 0.2) is 6.79 Å². The molecule has 0 unspecified atom stereocenters. The van der Waals surface area contributed by atoms with Crippen molar-refractivity contribution in [1.29, 1.82) is 0 Å². The Bertz CT molecular complexity index is 2130. The standard InChI is InChI=1S/C35H31N3O8S2/c1-4-45-28(39)19-37-33(42)29-26(18-36-31(40)24-10-6-7-11-25(24)32(36)41)30(21-13-15-23(16-14-21)46-20-44-2)48-34(29)38(35(37)43)17-22-9-5-8-12-27(22)47-3/h5-16H,4,17-20H2,1-3H3. The summed E-state index contributed by atoms with van der Waals surface area (Å²) in [7, 11) is 1.52. The summed E-state index contributed by atoms with van der Waals surface area (Å²) in [5.74, 6) is -1.17. The molecule has 5 aromatic rings. The maximum absolute atomic E-state index is 14.3. The molecule has 3 heterocycles. The summed E-state index contributed by atoms with van der Waals surface area (Å²) in [6, 6.07) is 21.2. The van der Waals surface area contributed by atoms with Gasteiger partial charge in [0.05, 0.1) is 36.2 Å². The van der Waals surface area contributed by atoms with Crippen LogP contribution in [0.1, 0.15) is 38.8 Å². The molecule has 11 nitrogen and oxygen atoms in total. The Morgan fingerprint density at radius 2 is 1.52 bits per heavy atom. The van der Waals surface area contributed by atoms with Gasteiger partial charge in [0.25, 0.3) is 17.4 Å². The van der Waals surface area contributed by atoms with E-state index < -0.39 is 35.6 Å². The molecule has 2 aromatic heterocycles. The molecular weight excluding hydrogens is 655 g/mol. The molecule has 0 bridgehead atoms. The van der Waals surface area contributed by atoms with E-state index in [-0.39, 0.29) is 43.0 Å². The maximum Gasteiger partial charge on any atom is 0.332 e. The van der Waals surface area contributed by atoms with Crippen molar-refractivity contribution in [3.05, 3.63) is 116 Å². The molecule has 6 rings (SSSR count). The van der Waals surface area contributed by atoms with Crippen molar-refractivity contribution in [2.45, 2.75) is 31.5 Å². The number of nitrogens with zero attached hydrogens (tertiary/aromatic N) is 3. The highest BCUT2D eigenvalue weighted by Gasteiger charge is 2.37. The summed E-state index contributed by atoms with van der Waals surface area (Å²) in [5, 5.41) is 0.136. The number of rotatable bonds is 12. The van der Waals surface area contributed by atoms with Crippen LogP contribution in [0.3, 0.4) is 0 Å². The molecule has 0 N–H and O–H groups in total. The number of aromatic nitrogens is 2. The molecule has 13 heteroatoms. The monoisotopic (exact) mass is 685 g/mol. The number of thioether (sulfide) groups is 1. The average molecular weight is 686 g/mol. The van der Waals surface area contributed by atoms with Gasteiger partial charge in [-0.15, -0.1) is 23.1 Å². The average Bonchev–Trinajstić information content (AvgIpc) is 3.59. The third-order valence-corrected chi connectivity index (χ3v) is 10.1. The van der Waals surface area contributed by atoms with Crippen LogP contribution in [0.5, 0.6) is 5.75 Å². The SMILES string of the molecule is CCOC(=O)Cn1c(=O)c2c(CN3C(=O)c4ccccc4C3=O)c(-c3ccc(OCOC)cc3)sc2n(Cc2ccccc2SC)c1=O. The molecule has 0 saturated heterocycles. The molecule has 3 aromatic carbocycles. The number of thiophene rings is 1. The molecule has 1 aliphatic rings. The van der Waals surface area contributed by atoms with E-state index in [1.54, 1.807) is 55.5 Å². The van der Waals surface area contributed by atoms with Gasteiger partial charge in [0, 0.05) is 22.4 Å². The minimum atomic E-state index is -0.740. The first kappa shape index (κ1) is 32.9. The van der Waals surface area contributed by atoms with Crippen molar-refractivity contribution < 1.29 is 28.6 Å². The highest BCUT2D eigenvalue weighted by atomic mass is 32.2. The summed E-state index contributed by atoms with van der Waals surface area (Å²) >= 11 is 2.73. The number of carbonyl (C=O) groups is 3. The van der Waals surface area contributed by atoms with Gasteiger partial charge in [-0.25, -0.2) is 9.36 Å². The minimum absolute atomic E-state index is 0.0526. The van der Waals surface area contributed by atoms with Crippen molar-refractivity contribution >= 4 is 51.1 Å². The molecule has 2 amide bonds. The number of fused-ring (bicyclic) bond motifs is 2. The fourth-order valence-electron chi connectivity index (χ4n) is 5.69. The maximum atomic E-state index is 14.3. The van der Waals surface area contributed by atoms with E-state index in [0.29, 0.717) is 26.6 Å². The topological polar surface area (TPSA) is 126 Å². The van der Waals surface area contributed by atoms with Crippen LogP contribution in [0.25, 0.3) is 20.7 Å². The summed E-state index contributed by atoms with van der Waals surface area (Å²) in [5.41, 5.74) is 1.04. The summed E-state index contributed by atoms with van der Waals surface area (Å²) in [6.45, 7) is 1.02. The van der Waals surface area contributed by atoms with Crippen LogP contribution >= 0.6 is 23.1 Å². The van der Waals surface area contributed by atoms with Gasteiger partial charge in [0.1, 0.15) is 17.1 Å². The van der Waals surface area contributed by atoms with Crippen LogP contribution < -0.4 is 16.0 Å². The second-order valence-electron chi connectivity index (χ2n) is 10.8. The van der Waals surface area contributed by atoms with Crippen LogP contribution in [-0.4, -0.2) is 58.6 Å². The highest BCUT2D eigenvalue weighted by Crippen LogP contribution is 2.40. The molecule has 246 valence electrons.